The van der Waals surface area contributed by atoms with Crippen LogP contribution >= 0.6 is 0 Å². The van der Waals surface area contributed by atoms with Crippen molar-refractivity contribution in [1.29, 1.82) is 0 Å². The van der Waals surface area contributed by atoms with Crippen LogP contribution in [0.4, 0.5) is 0 Å². The van der Waals surface area contributed by atoms with Crippen molar-refractivity contribution in [3.63, 3.8) is 0 Å². The Hall–Kier alpha value is -2.67. The maximum atomic E-state index is 12.2. The zero-order valence-electron chi connectivity index (χ0n) is 14.2. The minimum atomic E-state index is -1.14. The predicted molar refractivity (Wildman–Crippen MR) is 90.9 cm³/mol. The molecule has 2 aromatic rings. The van der Waals surface area contributed by atoms with Crippen molar-refractivity contribution in [2.24, 2.45) is 5.92 Å². The molecule has 1 unspecified atom stereocenters. The van der Waals surface area contributed by atoms with Crippen LogP contribution in [0.25, 0.3) is 11.5 Å². The number of amides is 1. The first-order valence-corrected chi connectivity index (χ1v) is 8.27. The Morgan fingerprint density at radius 1 is 1.40 bits per heavy atom. The predicted octanol–water partition coefficient (Wildman–Crippen LogP) is 2.00. The van der Waals surface area contributed by atoms with Crippen LogP contribution in [0.2, 0.25) is 0 Å². The van der Waals surface area contributed by atoms with E-state index in [2.05, 4.69) is 10.3 Å². The number of carbonyl (C=O) groups is 2. The Labute approximate surface area is 145 Å². The molecule has 7 nitrogen and oxygen atoms in total. The van der Waals surface area contributed by atoms with Gasteiger partial charge in [-0.3, -0.25) is 9.69 Å². The molecule has 25 heavy (non-hydrogen) atoms. The van der Waals surface area contributed by atoms with Gasteiger partial charge in [0.15, 0.2) is 11.5 Å². The van der Waals surface area contributed by atoms with E-state index in [-0.39, 0.29) is 41.8 Å². The summed E-state index contributed by atoms with van der Waals surface area (Å²) in [6.45, 7) is 5.34. The van der Waals surface area contributed by atoms with E-state index < -0.39 is 5.97 Å². The summed E-state index contributed by atoms with van der Waals surface area (Å²) in [7, 11) is 0. The summed E-state index contributed by atoms with van der Waals surface area (Å²) in [6, 6.07) is 8.84. The Morgan fingerprint density at radius 2 is 2.12 bits per heavy atom. The number of nitrogens with zero attached hydrogens (tertiary/aromatic N) is 2. The van der Waals surface area contributed by atoms with E-state index in [4.69, 9.17) is 4.42 Å². The highest BCUT2D eigenvalue weighted by Gasteiger charge is 2.34. The molecule has 2 N–H and O–H groups in total. The second kappa shape index (κ2) is 7.06. The molecule has 1 amide bonds. The van der Waals surface area contributed by atoms with Gasteiger partial charge in [-0.25, -0.2) is 9.78 Å². The van der Waals surface area contributed by atoms with Crippen LogP contribution in [0.15, 0.2) is 34.7 Å². The van der Waals surface area contributed by atoms with Gasteiger partial charge in [-0.1, -0.05) is 32.0 Å². The third-order valence-corrected chi connectivity index (χ3v) is 4.26. The smallest absolute Gasteiger partial charge is 0.358 e. The summed E-state index contributed by atoms with van der Waals surface area (Å²) < 4.78 is 5.76. The second-order valence-electron chi connectivity index (χ2n) is 6.41. The first kappa shape index (κ1) is 17.2. The normalized spacial score (nSPS) is 18.4. The van der Waals surface area contributed by atoms with E-state index in [0.29, 0.717) is 18.7 Å². The van der Waals surface area contributed by atoms with Gasteiger partial charge in [-0.2, -0.15) is 0 Å². The molecule has 1 fully saturated rings. The first-order valence-electron chi connectivity index (χ1n) is 8.27. The molecule has 0 radical (unpaired) electrons. The number of aromatic carboxylic acids is 1. The fraction of sp³-hybridized carbons (Fsp3) is 0.389. The van der Waals surface area contributed by atoms with Crippen molar-refractivity contribution in [1.82, 2.24) is 15.2 Å². The summed E-state index contributed by atoms with van der Waals surface area (Å²) in [4.78, 5) is 29.8. The number of nitrogens with one attached hydrogen (secondary N) is 1. The SMILES string of the molecule is CC(C)C1C(=O)NCCN1Cc1oc(-c2ccccc2)nc1C(=O)O. The van der Waals surface area contributed by atoms with Crippen LogP contribution in [0.1, 0.15) is 30.1 Å². The molecule has 0 spiro atoms. The third kappa shape index (κ3) is 3.56. The lowest BCUT2D eigenvalue weighted by Gasteiger charge is -2.36. The zero-order valence-corrected chi connectivity index (χ0v) is 14.2. The number of hydrogen-bond acceptors (Lipinski definition) is 5. The number of carboxylic acids is 1. The second-order valence-corrected chi connectivity index (χ2v) is 6.41. The van der Waals surface area contributed by atoms with Gasteiger partial charge in [0.1, 0.15) is 0 Å². The number of hydrogen-bond donors (Lipinski definition) is 2. The van der Waals surface area contributed by atoms with Crippen molar-refractivity contribution in [3.8, 4) is 11.5 Å². The highest BCUT2D eigenvalue weighted by atomic mass is 16.4. The van der Waals surface area contributed by atoms with Gasteiger partial charge in [0.2, 0.25) is 11.8 Å². The molecule has 1 aliphatic heterocycles. The molecule has 3 rings (SSSR count). The molecule has 1 saturated heterocycles. The molecule has 7 heteroatoms. The van der Waals surface area contributed by atoms with Gasteiger partial charge in [0.25, 0.3) is 0 Å². The van der Waals surface area contributed by atoms with E-state index in [1.54, 1.807) is 0 Å². The molecule has 0 bridgehead atoms. The zero-order chi connectivity index (χ0) is 18.0. The van der Waals surface area contributed by atoms with Crippen LogP contribution in [-0.2, 0) is 11.3 Å². The number of carboxylic acid groups (broad SMARTS) is 1. The van der Waals surface area contributed by atoms with Crippen molar-refractivity contribution in [2.75, 3.05) is 13.1 Å². The minimum Gasteiger partial charge on any atom is -0.476 e. The molecule has 132 valence electrons. The summed E-state index contributed by atoms with van der Waals surface area (Å²) in [6.07, 6.45) is 0. The van der Waals surface area contributed by atoms with Gasteiger partial charge < -0.3 is 14.8 Å². The Kier molecular flexibility index (Phi) is 4.85. The Bertz CT molecular complexity index is 770. The molecule has 0 aliphatic carbocycles. The third-order valence-electron chi connectivity index (χ3n) is 4.26. The van der Waals surface area contributed by atoms with Gasteiger partial charge in [-0.15, -0.1) is 0 Å². The largest absolute Gasteiger partial charge is 0.476 e. The van der Waals surface area contributed by atoms with E-state index in [1.807, 2.05) is 49.1 Å². The number of oxazole rings is 1. The molecule has 0 saturated carbocycles. The first-order chi connectivity index (χ1) is 12.0. The van der Waals surface area contributed by atoms with Gasteiger partial charge in [0, 0.05) is 18.7 Å². The fourth-order valence-corrected chi connectivity index (χ4v) is 3.15. The van der Waals surface area contributed by atoms with E-state index in [1.165, 1.54) is 0 Å². The van der Waals surface area contributed by atoms with E-state index in [9.17, 15) is 14.7 Å². The van der Waals surface area contributed by atoms with Crippen molar-refractivity contribution >= 4 is 11.9 Å². The molecular formula is C18H21N3O4. The summed E-state index contributed by atoms with van der Waals surface area (Å²) in [5.41, 5.74) is 0.611. The minimum absolute atomic E-state index is 0.0408. The van der Waals surface area contributed by atoms with Crippen LogP contribution in [0, 0.1) is 5.92 Å². The van der Waals surface area contributed by atoms with Crippen LogP contribution in [-0.4, -0.2) is 46.0 Å². The lowest BCUT2D eigenvalue weighted by atomic mass is 9.99. The highest BCUT2D eigenvalue weighted by Crippen LogP contribution is 2.25. The number of rotatable bonds is 5. The average molecular weight is 343 g/mol. The maximum absolute atomic E-state index is 12.2. The topological polar surface area (TPSA) is 95.7 Å². The van der Waals surface area contributed by atoms with Crippen LogP contribution in [0.5, 0.6) is 0 Å². The lowest BCUT2D eigenvalue weighted by Crippen LogP contribution is -2.56. The monoisotopic (exact) mass is 343 g/mol. The van der Waals surface area contributed by atoms with Gasteiger partial charge >= 0.3 is 5.97 Å². The van der Waals surface area contributed by atoms with E-state index >= 15 is 0 Å². The number of carbonyl (C=O) groups excluding carboxylic acids is 1. The summed E-state index contributed by atoms with van der Waals surface area (Å²) >= 11 is 0. The van der Waals surface area contributed by atoms with Gasteiger partial charge in [0.05, 0.1) is 12.6 Å². The van der Waals surface area contributed by atoms with Crippen molar-refractivity contribution in [2.45, 2.75) is 26.4 Å². The van der Waals surface area contributed by atoms with Crippen molar-refractivity contribution < 1.29 is 19.1 Å². The Morgan fingerprint density at radius 3 is 2.76 bits per heavy atom. The molecule has 1 atom stereocenters. The lowest BCUT2D eigenvalue weighted by molar-refractivity contribution is -0.131. The summed E-state index contributed by atoms with van der Waals surface area (Å²) in [5, 5.41) is 12.3. The van der Waals surface area contributed by atoms with E-state index in [0.717, 1.165) is 0 Å². The van der Waals surface area contributed by atoms with Gasteiger partial charge in [-0.05, 0) is 18.1 Å². The highest BCUT2D eigenvalue weighted by molar-refractivity contribution is 5.87. The Balaban J connectivity index is 1.92. The molecule has 1 aliphatic rings. The average Bonchev–Trinajstić information content (AvgIpc) is 2.99. The van der Waals surface area contributed by atoms with Crippen LogP contribution in [0.3, 0.4) is 0 Å². The fourth-order valence-electron chi connectivity index (χ4n) is 3.15. The van der Waals surface area contributed by atoms with Crippen LogP contribution < -0.4 is 5.32 Å². The molecule has 1 aromatic carbocycles. The molecule has 2 heterocycles. The quantitative estimate of drug-likeness (QED) is 0.862. The standard InChI is InChI=1S/C18H21N3O4/c1-11(2)15-16(22)19-8-9-21(15)10-13-14(18(23)24)20-17(25-13)12-6-4-3-5-7-12/h3-7,11,15H,8-10H2,1-2H3,(H,19,22)(H,23,24). The summed E-state index contributed by atoms with van der Waals surface area (Å²) in [5.74, 6) is -0.531. The molecule has 1 aromatic heterocycles. The molecular weight excluding hydrogens is 322 g/mol. The number of aromatic nitrogens is 1. The number of benzene rings is 1. The number of piperazine rings is 1. The maximum Gasteiger partial charge on any atom is 0.358 e. The van der Waals surface area contributed by atoms with Crippen molar-refractivity contribution in [3.05, 3.63) is 41.8 Å².